The molecule has 3 aromatic carbocycles. The molecule has 0 aliphatic rings. The molecule has 2 heterocycles. The first-order valence-corrected chi connectivity index (χ1v) is 10.7. The van der Waals surface area contributed by atoms with Crippen LogP contribution in [0.15, 0.2) is 66.9 Å². The molecule has 0 spiro atoms. The Balaban J connectivity index is 1.48. The number of halogens is 2. The Labute approximate surface area is 186 Å². The van der Waals surface area contributed by atoms with Gasteiger partial charge in [-0.25, -0.2) is 15.0 Å². The van der Waals surface area contributed by atoms with Gasteiger partial charge in [-0.05, 0) is 48.4 Å². The van der Waals surface area contributed by atoms with Crippen molar-refractivity contribution in [2.24, 2.45) is 0 Å². The van der Waals surface area contributed by atoms with Gasteiger partial charge in [0.25, 0.3) is 0 Å². The topological polar surface area (TPSA) is 57.1 Å². The number of rotatable bonds is 6. The van der Waals surface area contributed by atoms with Crippen molar-refractivity contribution in [1.82, 2.24) is 15.0 Å². The van der Waals surface area contributed by atoms with Crippen LogP contribution in [0.4, 0.5) is 8.78 Å². The van der Waals surface area contributed by atoms with Gasteiger partial charge in [-0.1, -0.05) is 30.3 Å². The minimum Gasteiger partial charge on any atom is -0.489 e. The fourth-order valence-electron chi connectivity index (χ4n) is 3.41. The van der Waals surface area contributed by atoms with Crippen molar-refractivity contribution in [3.63, 3.8) is 0 Å². The maximum atomic E-state index is 12.5. The molecular weight excluding hydrogens is 432 g/mol. The lowest BCUT2D eigenvalue weighted by molar-refractivity contribution is -0.0528. The third-order valence-electron chi connectivity index (χ3n) is 4.82. The Kier molecular flexibility index (Phi) is 5.36. The molecule has 5 rings (SSSR count). The molecule has 0 unspecified atom stereocenters. The molecule has 160 valence electrons. The summed E-state index contributed by atoms with van der Waals surface area (Å²) in [6.45, 7) is -0.554. The zero-order chi connectivity index (χ0) is 22.1. The van der Waals surface area contributed by atoms with E-state index < -0.39 is 6.61 Å². The Morgan fingerprint density at radius 1 is 0.969 bits per heavy atom. The second-order valence-corrected chi connectivity index (χ2v) is 8.22. The van der Waals surface area contributed by atoms with E-state index in [-0.39, 0.29) is 5.88 Å². The number of nitrogens with zero attached hydrogens (tertiary/aromatic N) is 3. The normalized spacial score (nSPS) is 11.4. The average Bonchev–Trinajstić information content (AvgIpc) is 3.20. The van der Waals surface area contributed by atoms with Crippen LogP contribution in [-0.4, -0.2) is 21.6 Å². The third kappa shape index (κ3) is 4.22. The highest BCUT2D eigenvalue weighted by Gasteiger charge is 2.15. The molecule has 0 saturated carbocycles. The van der Waals surface area contributed by atoms with Crippen molar-refractivity contribution >= 4 is 32.6 Å². The number of aryl methyl sites for hydroxylation is 1. The van der Waals surface area contributed by atoms with Gasteiger partial charge in [0.05, 0.1) is 27.4 Å². The van der Waals surface area contributed by atoms with E-state index in [0.29, 0.717) is 17.6 Å². The first-order valence-electron chi connectivity index (χ1n) is 9.85. The SMILES string of the molecule is Cc1cc(-c2nc3ccc(OCc4ccccc4)cc3s2)c2ncc(OC(F)F)nc2c1. The number of fused-ring (bicyclic) bond motifs is 2. The van der Waals surface area contributed by atoms with E-state index in [1.165, 1.54) is 17.5 Å². The quantitative estimate of drug-likeness (QED) is 0.300. The summed E-state index contributed by atoms with van der Waals surface area (Å²) < 4.78 is 36.4. The average molecular weight is 449 g/mol. The van der Waals surface area contributed by atoms with Crippen molar-refractivity contribution < 1.29 is 18.3 Å². The van der Waals surface area contributed by atoms with Gasteiger partial charge in [0.2, 0.25) is 5.88 Å². The largest absolute Gasteiger partial charge is 0.489 e. The summed E-state index contributed by atoms with van der Waals surface area (Å²) in [7, 11) is 0. The van der Waals surface area contributed by atoms with Crippen LogP contribution in [0.25, 0.3) is 31.8 Å². The van der Waals surface area contributed by atoms with Gasteiger partial charge in [-0.2, -0.15) is 8.78 Å². The number of ether oxygens (including phenoxy) is 2. The summed E-state index contributed by atoms with van der Waals surface area (Å²) in [5.41, 5.74) is 4.71. The van der Waals surface area contributed by atoms with Crippen LogP contribution in [0.2, 0.25) is 0 Å². The Hall–Kier alpha value is -3.65. The van der Waals surface area contributed by atoms with E-state index in [0.717, 1.165) is 37.7 Å². The zero-order valence-electron chi connectivity index (χ0n) is 17.0. The predicted molar refractivity (Wildman–Crippen MR) is 120 cm³/mol. The number of thiazole rings is 1. The van der Waals surface area contributed by atoms with Crippen molar-refractivity contribution in [2.75, 3.05) is 0 Å². The summed E-state index contributed by atoms with van der Waals surface area (Å²) in [4.78, 5) is 13.2. The minimum atomic E-state index is -2.95. The number of aromatic nitrogens is 3. The van der Waals surface area contributed by atoms with Crippen molar-refractivity contribution in [2.45, 2.75) is 20.1 Å². The van der Waals surface area contributed by atoms with Crippen LogP contribution in [-0.2, 0) is 6.61 Å². The van der Waals surface area contributed by atoms with Crippen LogP contribution in [0, 0.1) is 6.92 Å². The number of benzene rings is 3. The Bertz CT molecular complexity index is 1410. The smallest absolute Gasteiger partial charge is 0.388 e. The van der Waals surface area contributed by atoms with Crippen molar-refractivity contribution in [1.29, 1.82) is 0 Å². The van der Waals surface area contributed by atoms with Gasteiger partial charge >= 0.3 is 6.61 Å². The van der Waals surface area contributed by atoms with Crippen LogP contribution in [0.1, 0.15) is 11.1 Å². The van der Waals surface area contributed by atoms with E-state index in [4.69, 9.17) is 9.72 Å². The lowest BCUT2D eigenvalue weighted by atomic mass is 10.1. The van der Waals surface area contributed by atoms with Crippen LogP contribution in [0.3, 0.4) is 0 Å². The predicted octanol–water partition coefficient (Wildman–Crippen LogP) is 6.40. The molecule has 0 amide bonds. The summed E-state index contributed by atoms with van der Waals surface area (Å²) in [5, 5.41) is 0.769. The molecular formula is C24H17F2N3O2S. The maximum absolute atomic E-state index is 12.5. The van der Waals surface area contributed by atoms with Crippen LogP contribution >= 0.6 is 11.3 Å². The molecule has 0 radical (unpaired) electrons. The van der Waals surface area contributed by atoms with Gasteiger partial charge in [0.1, 0.15) is 17.4 Å². The maximum Gasteiger partial charge on any atom is 0.388 e. The van der Waals surface area contributed by atoms with Gasteiger partial charge in [0.15, 0.2) is 0 Å². The van der Waals surface area contributed by atoms with Crippen LogP contribution < -0.4 is 9.47 Å². The fraction of sp³-hybridized carbons (Fsp3) is 0.125. The molecule has 0 aliphatic carbocycles. The molecule has 32 heavy (non-hydrogen) atoms. The third-order valence-corrected chi connectivity index (χ3v) is 5.87. The lowest BCUT2D eigenvalue weighted by Crippen LogP contribution is -2.04. The summed E-state index contributed by atoms with van der Waals surface area (Å²) >= 11 is 1.51. The summed E-state index contributed by atoms with van der Waals surface area (Å²) in [5.74, 6) is 0.549. The molecule has 0 fully saturated rings. The summed E-state index contributed by atoms with van der Waals surface area (Å²) in [6.07, 6.45) is 1.20. The molecule has 0 saturated heterocycles. The second-order valence-electron chi connectivity index (χ2n) is 7.19. The number of hydrogen-bond donors (Lipinski definition) is 0. The molecule has 0 aliphatic heterocycles. The van der Waals surface area contributed by atoms with Gasteiger partial charge in [-0.3, -0.25) is 0 Å². The Morgan fingerprint density at radius 3 is 2.62 bits per heavy atom. The summed E-state index contributed by atoms with van der Waals surface area (Å²) in [6, 6.07) is 19.5. The van der Waals surface area contributed by atoms with Gasteiger partial charge in [-0.15, -0.1) is 11.3 Å². The molecule has 0 atom stereocenters. The number of hydrogen-bond acceptors (Lipinski definition) is 6. The van der Waals surface area contributed by atoms with E-state index in [9.17, 15) is 8.78 Å². The molecule has 8 heteroatoms. The van der Waals surface area contributed by atoms with Gasteiger partial charge < -0.3 is 9.47 Å². The van der Waals surface area contributed by atoms with Crippen molar-refractivity contribution in [3.8, 4) is 22.2 Å². The molecule has 2 aromatic heterocycles. The first kappa shape index (κ1) is 20.3. The monoisotopic (exact) mass is 449 g/mol. The van der Waals surface area contributed by atoms with E-state index in [2.05, 4.69) is 14.7 Å². The van der Waals surface area contributed by atoms with E-state index >= 15 is 0 Å². The van der Waals surface area contributed by atoms with Crippen molar-refractivity contribution in [3.05, 3.63) is 78.0 Å². The molecule has 0 bridgehead atoms. The zero-order valence-corrected chi connectivity index (χ0v) is 17.8. The van der Waals surface area contributed by atoms with E-state index in [1.807, 2.05) is 61.5 Å². The standard InChI is InChI=1S/C24H17F2N3O2S/c1-14-9-17(22-19(10-14)28-21(12-27-22)31-24(25)26)23-29-18-8-7-16(11-20(18)32-23)30-13-15-5-3-2-4-6-15/h2-12,24H,13H2,1H3. The fourth-order valence-corrected chi connectivity index (χ4v) is 4.42. The first-order chi connectivity index (χ1) is 15.5. The lowest BCUT2D eigenvalue weighted by Gasteiger charge is -2.07. The number of alkyl halides is 2. The molecule has 0 N–H and O–H groups in total. The second kappa shape index (κ2) is 8.47. The molecule has 5 nitrogen and oxygen atoms in total. The highest BCUT2D eigenvalue weighted by Crippen LogP contribution is 2.36. The Morgan fingerprint density at radius 2 is 1.81 bits per heavy atom. The van der Waals surface area contributed by atoms with Crippen LogP contribution in [0.5, 0.6) is 11.6 Å². The highest BCUT2D eigenvalue weighted by molar-refractivity contribution is 7.21. The van der Waals surface area contributed by atoms with Gasteiger partial charge in [0, 0.05) is 5.56 Å². The molecule has 5 aromatic rings. The van der Waals surface area contributed by atoms with E-state index in [1.54, 1.807) is 6.07 Å². The minimum absolute atomic E-state index is 0.214. The highest BCUT2D eigenvalue weighted by atomic mass is 32.1.